The fourth-order valence-corrected chi connectivity index (χ4v) is 3.32. The quantitative estimate of drug-likeness (QED) is 0.369. The lowest BCUT2D eigenvalue weighted by Crippen LogP contribution is -2.11. The molecular formula is C20H14N4O. The molecule has 2 aromatic heterocycles. The molecule has 0 spiro atoms. The van der Waals surface area contributed by atoms with Gasteiger partial charge in [0.1, 0.15) is 11.2 Å². The summed E-state index contributed by atoms with van der Waals surface area (Å²) in [5.74, 6) is 5.96. The largest absolute Gasteiger partial charge is 0.456 e. The molecule has 120 valence electrons. The molecule has 0 unspecified atom stereocenters. The minimum Gasteiger partial charge on any atom is -0.456 e. The third-order valence-corrected chi connectivity index (χ3v) is 4.39. The van der Waals surface area contributed by atoms with Crippen LogP contribution in [0.15, 0.2) is 71.1 Å². The topological polar surface area (TPSA) is 77.0 Å². The van der Waals surface area contributed by atoms with Crippen molar-refractivity contribution >= 4 is 38.8 Å². The van der Waals surface area contributed by atoms with E-state index < -0.39 is 0 Å². The van der Waals surface area contributed by atoms with Gasteiger partial charge in [-0.3, -0.25) is 5.43 Å². The van der Waals surface area contributed by atoms with Crippen molar-refractivity contribution in [2.24, 2.45) is 5.84 Å². The zero-order valence-corrected chi connectivity index (χ0v) is 13.2. The second-order valence-corrected chi connectivity index (χ2v) is 5.83. The highest BCUT2D eigenvalue weighted by Gasteiger charge is 2.16. The van der Waals surface area contributed by atoms with Crippen molar-refractivity contribution in [3.63, 3.8) is 0 Å². The smallest absolute Gasteiger partial charge is 0.238 e. The van der Waals surface area contributed by atoms with E-state index in [1.807, 2.05) is 54.6 Å². The molecule has 0 saturated heterocycles. The van der Waals surface area contributed by atoms with Gasteiger partial charge in [-0.25, -0.2) is 15.8 Å². The van der Waals surface area contributed by atoms with Crippen molar-refractivity contribution in [2.75, 3.05) is 5.43 Å². The molecule has 3 aromatic carbocycles. The monoisotopic (exact) mass is 326 g/mol. The molecule has 25 heavy (non-hydrogen) atoms. The van der Waals surface area contributed by atoms with Crippen molar-refractivity contribution in [3.8, 4) is 11.3 Å². The van der Waals surface area contributed by atoms with E-state index in [9.17, 15) is 0 Å². The van der Waals surface area contributed by atoms with Gasteiger partial charge in [0.15, 0.2) is 0 Å². The lowest BCUT2D eigenvalue weighted by atomic mass is 10.0. The van der Waals surface area contributed by atoms with Crippen LogP contribution < -0.4 is 11.3 Å². The first-order valence-corrected chi connectivity index (χ1v) is 7.99. The second kappa shape index (κ2) is 5.29. The van der Waals surface area contributed by atoms with Crippen molar-refractivity contribution < 1.29 is 4.42 Å². The van der Waals surface area contributed by atoms with Crippen molar-refractivity contribution in [3.05, 3.63) is 66.7 Å². The van der Waals surface area contributed by atoms with Crippen LogP contribution >= 0.6 is 0 Å². The summed E-state index contributed by atoms with van der Waals surface area (Å²) in [4.78, 5) is 9.08. The first-order valence-electron chi connectivity index (χ1n) is 7.99. The van der Waals surface area contributed by atoms with Gasteiger partial charge in [-0.1, -0.05) is 48.5 Å². The lowest BCUT2D eigenvalue weighted by Gasteiger charge is -2.09. The number of nitrogens with zero attached hydrogens (tertiary/aromatic N) is 2. The summed E-state index contributed by atoms with van der Waals surface area (Å²) in [5, 5.41) is 3.09. The van der Waals surface area contributed by atoms with E-state index in [4.69, 9.17) is 10.3 Å². The average Bonchev–Trinajstić information content (AvgIpc) is 3.06. The highest BCUT2D eigenvalue weighted by atomic mass is 16.3. The van der Waals surface area contributed by atoms with Crippen LogP contribution in [-0.2, 0) is 0 Å². The number of hydrazine groups is 1. The second-order valence-electron chi connectivity index (χ2n) is 5.83. The lowest BCUT2D eigenvalue weighted by molar-refractivity contribution is 0.669. The molecule has 5 heteroatoms. The number of furan rings is 1. The Morgan fingerprint density at radius 2 is 1.52 bits per heavy atom. The molecule has 5 rings (SSSR count). The summed E-state index contributed by atoms with van der Waals surface area (Å²) >= 11 is 0. The zero-order chi connectivity index (χ0) is 16.8. The van der Waals surface area contributed by atoms with Gasteiger partial charge in [0, 0.05) is 21.7 Å². The Kier molecular flexibility index (Phi) is 2.95. The number of nitrogen functional groups attached to an aromatic ring is 1. The van der Waals surface area contributed by atoms with Crippen LogP contribution in [0.25, 0.3) is 44.1 Å². The van der Waals surface area contributed by atoms with Gasteiger partial charge in [-0.2, -0.15) is 0 Å². The number of rotatable bonds is 2. The molecule has 0 radical (unpaired) electrons. The predicted octanol–water partition coefficient (Wildman–Crippen LogP) is 4.48. The number of benzene rings is 3. The van der Waals surface area contributed by atoms with Crippen molar-refractivity contribution in [1.82, 2.24) is 9.97 Å². The Morgan fingerprint density at radius 1 is 0.760 bits per heavy atom. The number of aromatic nitrogens is 2. The minimum absolute atomic E-state index is 0.388. The molecule has 0 atom stereocenters. The number of anilines is 1. The summed E-state index contributed by atoms with van der Waals surface area (Å²) in [6.07, 6.45) is 0. The Balaban J connectivity index is 1.95. The summed E-state index contributed by atoms with van der Waals surface area (Å²) in [6, 6.07) is 21.9. The molecule has 5 aromatic rings. The van der Waals surface area contributed by atoms with Gasteiger partial charge >= 0.3 is 0 Å². The fraction of sp³-hybridized carbons (Fsp3) is 0. The maximum atomic E-state index is 6.00. The third-order valence-electron chi connectivity index (χ3n) is 4.39. The molecule has 0 fully saturated rings. The van der Waals surface area contributed by atoms with E-state index >= 15 is 0 Å². The van der Waals surface area contributed by atoms with Crippen LogP contribution in [0.5, 0.6) is 0 Å². The summed E-state index contributed by atoms with van der Waals surface area (Å²) < 4.78 is 6.00. The molecular weight excluding hydrogens is 312 g/mol. The fourth-order valence-electron chi connectivity index (χ4n) is 3.32. The van der Waals surface area contributed by atoms with E-state index in [1.54, 1.807) is 0 Å². The average molecular weight is 326 g/mol. The van der Waals surface area contributed by atoms with E-state index in [0.29, 0.717) is 5.95 Å². The third kappa shape index (κ3) is 2.07. The van der Waals surface area contributed by atoms with Gasteiger partial charge in [-0.05, 0) is 18.2 Å². The predicted molar refractivity (Wildman–Crippen MR) is 100 cm³/mol. The molecule has 0 bridgehead atoms. The van der Waals surface area contributed by atoms with Crippen LogP contribution in [0.4, 0.5) is 5.95 Å². The van der Waals surface area contributed by atoms with Crippen molar-refractivity contribution in [1.29, 1.82) is 0 Å². The first-order chi connectivity index (χ1) is 12.3. The summed E-state index contributed by atoms with van der Waals surface area (Å²) in [7, 11) is 0. The van der Waals surface area contributed by atoms with Gasteiger partial charge in [0.2, 0.25) is 5.95 Å². The molecule has 0 aliphatic rings. The van der Waals surface area contributed by atoms with Crippen LogP contribution in [0.1, 0.15) is 0 Å². The van der Waals surface area contributed by atoms with Gasteiger partial charge in [0.25, 0.3) is 0 Å². The van der Waals surface area contributed by atoms with Crippen LogP contribution in [0.2, 0.25) is 0 Å². The Hall–Kier alpha value is -3.44. The number of para-hydroxylation sites is 2. The van der Waals surface area contributed by atoms with E-state index in [-0.39, 0.29) is 0 Å². The SMILES string of the molecule is NNc1nc(-c2cccc3oc4ccccc4c23)c2ccccc2n1. The van der Waals surface area contributed by atoms with E-state index in [1.165, 1.54) is 0 Å². The van der Waals surface area contributed by atoms with Crippen LogP contribution in [0.3, 0.4) is 0 Å². The number of fused-ring (bicyclic) bond motifs is 4. The van der Waals surface area contributed by atoms with Crippen LogP contribution in [-0.4, -0.2) is 9.97 Å². The summed E-state index contributed by atoms with van der Waals surface area (Å²) in [5.41, 5.74) is 6.93. The van der Waals surface area contributed by atoms with Gasteiger partial charge in [0.05, 0.1) is 11.2 Å². The maximum absolute atomic E-state index is 6.00. The Morgan fingerprint density at radius 3 is 2.40 bits per heavy atom. The highest BCUT2D eigenvalue weighted by Crippen LogP contribution is 2.38. The molecule has 0 amide bonds. The Bertz CT molecular complexity index is 1240. The normalized spacial score (nSPS) is 11.4. The highest BCUT2D eigenvalue weighted by molar-refractivity contribution is 6.14. The zero-order valence-electron chi connectivity index (χ0n) is 13.2. The summed E-state index contributed by atoms with van der Waals surface area (Å²) in [6.45, 7) is 0. The number of nitrogens with one attached hydrogen (secondary N) is 1. The molecule has 0 aliphatic carbocycles. The molecule has 2 heterocycles. The molecule has 5 nitrogen and oxygen atoms in total. The van der Waals surface area contributed by atoms with Crippen molar-refractivity contribution in [2.45, 2.75) is 0 Å². The number of nitrogens with two attached hydrogens (primary N) is 1. The van der Waals surface area contributed by atoms with E-state index in [0.717, 1.165) is 44.1 Å². The standard InChI is InChI=1S/C20H14N4O/c21-24-20-22-15-9-3-1-6-12(15)19(23-20)14-8-5-11-17-18(14)13-7-2-4-10-16(13)25-17/h1-11H,21H2,(H,22,23,24). The molecule has 0 aliphatic heterocycles. The van der Waals surface area contributed by atoms with E-state index in [2.05, 4.69) is 27.5 Å². The van der Waals surface area contributed by atoms with Crippen LogP contribution in [0, 0.1) is 0 Å². The number of hydrogen-bond acceptors (Lipinski definition) is 5. The molecule has 0 saturated carbocycles. The van der Waals surface area contributed by atoms with Gasteiger partial charge in [-0.15, -0.1) is 0 Å². The molecule has 3 N–H and O–H groups in total. The Labute approximate surface area is 143 Å². The maximum Gasteiger partial charge on any atom is 0.238 e. The first kappa shape index (κ1) is 13.9. The minimum atomic E-state index is 0.388. The number of hydrogen-bond donors (Lipinski definition) is 2. The van der Waals surface area contributed by atoms with Gasteiger partial charge < -0.3 is 4.42 Å².